The number of carboxylic acids is 1. The fraction of sp³-hybridized carbons (Fsp3) is 0.561. The second-order valence-electron chi connectivity index (χ2n) is 11.3. The molecule has 0 bridgehead atoms. The Bertz CT molecular complexity index is 929. The van der Waals surface area contributed by atoms with Gasteiger partial charge in [0.1, 0.15) is 6.10 Å². The van der Waals surface area contributed by atoms with Crippen LogP contribution in [-0.2, 0) is 14.3 Å². The van der Waals surface area contributed by atoms with E-state index in [0.29, 0.717) is 19.3 Å². The zero-order valence-electron chi connectivity index (χ0n) is 28.6. The van der Waals surface area contributed by atoms with Gasteiger partial charge in [0, 0.05) is 12.8 Å². The normalized spacial score (nSPS) is 13.5. The molecule has 4 heteroatoms. The number of carbonyl (C=O) groups is 2. The number of rotatable bonds is 30. The number of hydrogen-bond donors (Lipinski definition) is 1. The summed E-state index contributed by atoms with van der Waals surface area (Å²) in [5.74, 6) is -0.906. The molecule has 0 fully saturated rings. The predicted molar refractivity (Wildman–Crippen MR) is 194 cm³/mol. The third-order valence-electron chi connectivity index (χ3n) is 7.04. The Labute approximate surface area is 276 Å². The van der Waals surface area contributed by atoms with Crippen molar-refractivity contribution in [2.24, 2.45) is 0 Å². The largest absolute Gasteiger partial charge is 0.481 e. The lowest BCUT2D eigenvalue weighted by atomic mass is 10.1. The summed E-state index contributed by atoms with van der Waals surface area (Å²) in [6, 6.07) is 0. The summed E-state index contributed by atoms with van der Waals surface area (Å²) >= 11 is 0. The van der Waals surface area contributed by atoms with Crippen molar-refractivity contribution in [2.45, 2.75) is 148 Å². The molecule has 0 radical (unpaired) electrons. The lowest BCUT2D eigenvalue weighted by Gasteiger charge is -2.14. The molecule has 0 saturated heterocycles. The van der Waals surface area contributed by atoms with Crippen LogP contribution in [-0.4, -0.2) is 23.1 Å². The number of carboxylic acid groups (broad SMARTS) is 1. The van der Waals surface area contributed by atoms with Crippen molar-refractivity contribution in [3.63, 3.8) is 0 Å². The third-order valence-corrected chi connectivity index (χ3v) is 7.04. The average Bonchev–Trinajstić information content (AvgIpc) is 3.02. The topological polar surface area (TPSA) is 63.6 Å². The SMILES string of the molecule is CC/C=C\C/C=C\C/C=C\C/C=C\C/C=C\C/C=C\CCC(=O)OC(/C=C\C/C=C\CCCCCC)CCCCCCC(=O)O. The Morgan fingerprint density at radius 1 is 0.533 bits per heavy atom. The van der Waals surface area contributed by atoms with Gasteiger partial charge < -0.3 is 9.84 Å². The van der Waals surface area contributed by atoms with Crippen LogP contribution in [0.15, 0.2) is 97.2 Å². The van der Waals surface area contributed by atoms with Crippen molar-refractivity contribution >= 4 is 11.9 Å². The van der Waals surface area contributed by atoms with E-state index in [0.717, 1.165) is 77.0 Å². The van der Waals surface area contributed by atoms with Gasteiger partial charge in [0.25, 0.3) is 0 Å². The van der Waals surface area contributed by atoms with E-state index < -0.39 is 5.97 Å². The van der Waals surface area contributed by atoms with Gasteiger partial charge in [-0.1, -0.05) is 137 Å². The summed E-state index contributed by atoms with van der Waals surface area (Å²) in [6.07, 6.45) is 52.9. The Hall–Kier alpha value is -3.14. The van der Waals surface area contributed by atoms with Gasteiger partial charge in [-0.3, -0.25) is 9.59 Å². The maximum absolute atomic E-state index is 12.5. The predicted octanol–water partition coefficient (Wildman–Crippen LogP) is 12.3. The number of hydrogen-bond acceptors (Lipinski definition) is 3. The highest BCUT2D eigenvalue weighted by molar-refractivity contribution is 5.69. The molecule has 0 aromatic rings. The summed E-state index contributed by atoms with van der Waals surface area (Å²) in [4.78, 5) is 23.2. The minimum absolute atomic E-state index is 0.165. The second kappa shape index (κ2) is 35.3. The monoisotopic (exact) mass is 620 g/mol. The first-order chi connectivity index (χ1) is 22.1. The first-order valence-corrected chi connectivity index (χ1v) is 17.7. The molecule has 0 aromatic heterocycles. The van der Waals surface area contributed by atoms with Crippen LogP contribution in [0.1, 0.15) is 142 Å². The van der Waals surface area contributed by atoms with E-state index in [1.165, 1.54) is 25.7 Å². The summed E-state index contributed by atoms with van der Waals surface area (Å²) in [7, 11) is 0. The molecule has 0 saturated carbocycles. The molecule has 0 aromatic carbocycles. The molecule has 45 heavy (non-hydrogen) atoms. The van der Waals surface area contributed by atoms with Crippen LogP contribution in [0.3, 0.4) is 0 Å². The summed E-state index contributed by atoms with van der Waals surface area (Å²) in [5, 5.41) is 8.81. The highest BCUT2D eigenvalue weighted by Crippen LogP contribution is 2.13. The van der Waals surface area contributed by atoms with Crippen molar-refractivity contribution in [1.82, 2.24) is 0 Å². The van der Waals surface area contributed by atoms with E-state index in [1.807, 2.05) is 6.08 Å². The van der Waals surface area contributed by atoms with Crippen LogP contribution in [0.25, 0.3) is 0 Å². The molecule has 0 spiro atoms. The van der Waals surface area contributed by atoms with Gasteiger partial charge in [-0.05, 0) is 89.5 Å². The van der Waals surface area contributed by atoms with E-state index in [-0.39, 0.29) is 18.5 Å². The van der Waals surface area contributed by atoms with Gasteiger partial charge in [0.2, 0.25) is 0 Å². The van der Waals surface area contributed by atoms with Crippen LogP contribution in [0.5, 0.6) is 0 Å². The van der Waals surface area contributed by atoms with Crippen LogP contribution in [0.4, 0.5) is 0 Å². The van der Waals surface area contributed by atoms with Crippen molar-refractivity contribution in [3.8, 4) is 0 Å². The highest BCUT2D eigenvalue weighted by atomic mass is 16.5. The van der Waals surface area contributed by atoms with E-state index in [4.69, 9.17) is 9.84 Å². The van der Waals surface area contributed by atoms with E-state index in [9.17, 15) is 9.59 Å². The van der Waals surface area contributed by atoms with Gasteiger partial charge in [-0.25, -0.2) is 0 Å². The highest BCUT2D eigenvalue weighted by Gasteiger charge is 2.11. The first kappa shape index (κ1) is 41.9. The Morgan fingerprint density at radius 3 is 1.58 bits per heavy atom. The van der Waals surface area contributed by atoms with Gasteiger partial charge in [0.05, 0.1) is 0 Å². The molecule has 0 amide bonds. The fourth-order valence-electron chi connectivity index (χ4n) is 4.45. The standard InChI is InChI=1S/C41H64O4/c1-3-5-7-9-11-13-14-15-16-17-18-19-20-21-22-24-26-28-34-38-41(44)45-39(36-32-29-30-33-37-40(42)43)35-31-27-25-23-12-10-8-6-4-2/h5,7,11,13,15-16,18-19,21-23,25-26,28,31,35,39H,3-4,6,8-10,12,14,17,20,24,27,29-30,32-34,36-38H2,1-2H3,(H,42,43)/b7-5-,13-11-,16-15-,19-18-,22-21-,25-23-,28-26-,35-31-. The number of carbonyl (C=O) groups excluding carboxylic acids is 1. The van der Waals surface area contributed by atoms with Gasteiger partial charge in [-0.15, -0.1) is 0 Å². The fourth-order valence-corrected chi connectivity index (χ4v) is 4.45. The average molecular weight is 621 g/mol. The summed E-state index contributed by atoms with van der Waals surface area (Å²) in [5.41, 5.74) is 0. The number of unbranched alkanes of at least 4 members (excludes halogenated alkanes) is 7. The van der Waals surface area contributed by atoms with E-state index in [2.05, 4.69) is 105 Å². The number of ether oxygens (including phenoxy) is 1. The Kier molecular flexibility index (Phi) is 32.9. The maximum atomic E-state index is 12.5. The molecule has 0 aliphatic carbocycles. The molecule has 1 N–H and O–H groups in total. The number of esters is 1. The van der Waals surface area contributed by atoms with Crippen molar-refractivity contribution in [2.75, 3.05) is 0 Å². The molecule has 0 rings (SSSR count). The minimum atomic E-state index is -0.741. The molecule has 1 unspecified atom stereocenters. The van der Waals surface area contributed by atoms with Crippen molar-refractivity contribution in [3.05, 3.63) is 97.2 Å². The zero-order chi connectivity index (χ0) is 32.9. The Balaban J connectivity index is 4.26. The number of allylic oxidation sites excluding steroid dienone is 15. The second-order valence-corrected chi connectivity index (χ2v) is 11.3. The molecular formula is C41H64O4. The zero-order valence-corrected chi connectivity index (χ0v) is 28.6. The maximum Gasteiger partial charge on any atom is 0.306 e. The van der Waals surface area contributed by atoms with E-state index in [1.54, 1.807) is 0 Å². The van der Waals surface area contributed by atoms with E-state index >= 15 is 0 Å². The van der Waals surface area contributed by atoms with Gasteiger partial charge >= 0.3 is 11.9 Å². The lowest BCUT2D eigenvalue weighted by molar-refractivity contribution is -0.147. The first-order valence-electron chi connectivity index (χ1n) is 17.7. The van der Waals surface area contributed by atoms with Crippen LogP contribution in [0, 0.1) is 0 Å². The van der Waals surface area contributed by atoms with Crippen LogP contribution in [0.2, 0.25) is 0 Å². The lowest BCUT2D eigenvalue weighted by Crippen LogP contribution is -2.16. The van der Waals surface area contributed by atoms with Crippen LogP contribution < -0.4 is 0 Å². The van der Waals surface area contributed by atoms with Crippen molar-refractivity contribution < 1.29 is 19.4 Å². The molecule has 4 nitrogen and oxygen atoms in total. The molecule has 1 atom stereocenters. The summed E-state index contributed by atoms with van der Waals surface area (Å²) in [6.45, 7) is 4.38. The summed E-state index contributed by atoms with van der Waals surface area (Å²) < 4.78 is 5.79. The van der Waals surface area contributed by atoms with Gasteiger partial charge in [-0.2, -0.15) is 0 Å². The third kappa shape index (κ3) is 35.2. The smallest absolute Gasteiger partial charge is 0.306 e. The van der Waals surface area contributed by atoms with Crippen LogP contribution >= 0.6 is 0 Å². The molecule has 0 aliphatic rings. The molecule has 0 aliphatic heterocycles. The Morgan fingerprint density at radius 2 is 1.02 bits per heavy atom. The molecule has 0 heterocycles. The molecule has 252 valence electrons. The van der Waals surface area contributed by atoms with Gasteiger partial charge in [0.15, 0.2) is 0 Å². The number of aliphatic carboxylic acids is 1. The minimum Gasteiger partial charge on any atom is -0.481 e. The van der Waals surface area contributed by atoms with Crippen molar-refractivity contribution in [1.29, 1.82) is 0 Å². The quantitative estimate of drug-likeness (QED) is 0.0493. The molecular weight excluding hydrogens is 556 g/mol.